The van der Waals surface area contributed by atoms with Gasteiger partial charge in [-0.15, -0.1) is 0 Å². The van der Waals surface area contributed by atoms with Crippen LogP contribution in [-0.4, -0.2) is 26.6 Å². The van der Waals surface area contributed by atoms with Gasteiger partial charge in [0.1, 0.15) is 12.4 Å². The smallest absolute Gasteiger partial charge is 0.245 e. The molecule has 0 atom stereocenters. The number of aromatic nitrogens is 4. The molecule has 0 fully saturated rings. The SMILES string of the molecule is COc1ncnc2c1nc(N)n2-c1cc(Cl)ccc1C#N. The lowest BCUT2D eigenvalue weighted by Crippen LogP contribution is -2.03. The van der Waals surface area contributed by atoms with E-state index in [1.54, 1.807) is 22.8 Å². The number of nitrogens with two attached hydrogens (primary N) is 1. The van der Waals surface area contributed by atoms with E-state index >= 15 is 0 Å². The standard InChI is InChI=1S/C13H9ClN6O/c1-21-12-10-11(17-6-18-12)20(13(16)19-10)9-4-8(14)3-2-7(9)5-15/h2-4,6H,1H3,(H2,16,19). The Balaban J connectivity index is 2.39. The van der Waals surface area contributed by atoms with E-state index in [2.05, 4.69) is 21.0 Å². The highest BCUT2D eigenvalue weighted by atomic mass is 35.5. The fourth-order valence-corrected chi connectivity index (χ4v) is 2.23. The average molecular weight is 301 g/mol. The molecule has 3 aromatic rings. The molecule has 0 amide bonds. The van der Waals surface area contributed by atoms with Crippen molar-refractivity contribution in [3.05, 3.63) is 35.1 Å². The quantitative estimate of drug-likeness (QED) is 0.775. The predicted molar refractivity (Wildman–Crippen MR) is 77.3 cm³/mol. The number of halogens is 1. The topological polar surface area (TPSA) is 103 Å². The van der Waals surface area contributed by atoms with Crippen LogP contribution in [0.1, 0.15) is 5.56 Å². The van der Waals surface area contributed by atoms with Crippen LogP contribution in [0, 0.1) is 11.3 Å². The van der Waals surface area contributed by atoms with E-state index in [4.69, 9.17) is 22.1 Å². The second kappa shape index (κ2) is 4.92. The summed E-state index contributed by atoms with van der Waals surface area (Å²) >= 11 is 6.01. The minimum absolute atomic E-state index is 0.169. The molecule has 1 aromatic carbocycles. The van der Waals surface area contributed by atoms with Gasteiger partial charge in [0.15, 0.2) is 11.2 Å². The minimum atomic E-state index is 0.169. The van der Waals surface area contributed by atoms with Crippen LogP contribution in [0.4, 0.5) is 5.95 Å². The molecule has 0 saturated heterocycles. The molecule has 2 aromatic heterocycles. The van der Waals surface area contributed by atoms with Gasteiger partial charge in [-0.05, 0) is 18.2 Å². The molecule has 21 heavy (non-hydrogen) atoms. The number of hydrogen-bond acceptors (Lipinski definition) is 6. The maximum absolute atomic E-state index is 9.25. The minimum Gasteiger partial charge on any atom is -0.479 e. The molecule has 0 bridgehead atoms. The number of methoxy groups -OCH3 is 1. The number of rotatable bonds is 2. The fourth-order valence-electron chi connectivity index (χ4n) is 2.06. The highest BCUT2D eigenvalue weighted by molar-refractivity contribution is 6.30. The molecule has 0 unspecified atom stereocenters. The average Bonchev–Trinajstić information content (AvgIpc) is 2.82. The lowest BCUT2D eigenvalue weighted by molar-refractivity contribution is 0.401. The summed E-state index contributed by atoms with van der Waals surface area (Å²) in [5.74, 6) is 0.480. The van der Waals surface area contributed by atoms with Crippen molar-refractivity contribution in [1.29, 1.82) is 5.26 Å². The molecule has 0 aliphatic carbocycles. The third-order valence-corrected chi connectivity index (χ3v) is 3.19. The van der Waals surface area contributed by atoms with Gasteiger partial charge in [0.2, 0.25) is 11.8 Å². The number of fused-ring (bicyclic) bond motifs is 1. The number of benzene rings is 1. The molecule has 0 aliphatic rings. The second-order valence-corrected chi connectivity index (χ2v) is 4.57. The maximum atomic E-state index is 9.25. The van der Waals surface area contributed by atoms with Crippen molar-refractivity contribution in [2.24, 2.45) is 0 Å². The molecular weight excluding hydrogens is 292 g/mol. The lowest BCUT2D eigenvalue weighted by Gasteiger charge is -2.08. The zero-order valence-electron chi connectivity index (χ0n) is 10.9. The normalized spacial score (nSPS) is 10.5. The molecule has 7 nitrogen and oxygen atoms in total. The van der Waals surface area contributed by atoms with Gasteiger partial charge in [-0.2, -0.15) is 10.2 Å². The molecule has 3 rings (SSSR count). The summed E-state index contributed by atoms with van der Waals surface area (Å²) in [6.45, 7) is 0. The Morgan fingerprint density at radius 1 is 1.38 bits per heavy atom. The summed E-state index contributed by atoms with van der Waals surface area (Å²) < 4.78 is 6.68. The molecule has 0 spiro atoms. The van der Waals surface area contributed by atoms with Crippen molar-refractivity contribution < 1.29 is 4.74 Å². The van der Waals surface area contributed by atoms with Gasteiger partial charge in [-0.3, -0.25) is 4.57 Å². The first-order valence-electron chi connectivity index (χ1n) is 5.88. The lowest BCUT2D eigenvalue weighted by atomic mass is 10.2. The highest BCUT2D eigenvalue weighted by Crippen LogP contribution is 2.29. The Hall–Kier alpha value is -2.85. The van der Waals surface area contributed by atoms with Crippen LogP contribution in [0.3, 0.4) is 0 Å². The second-order valence-electron chi connectivity index (χ2n) is 4.13. The number of nitrogen functional groups attached to an aromatic ring is 1. The van der Waals surface area contributed by atoms with Crippen molar-refractivity contribution in [1.82, 2.24) is 19.5 Å². The Labute approximate surface area is 124 Å². The Bertz CT molecular complexity index is 882. The Kier molecular flexibility index (Phi) is 3.08. The van der Waals surface area contributed by atoms with E-state index in [0.717, 1.165) is 0 Å². The van der Waals surface area contributed by atoms with E-state index in [-0.39, 0.29) is 5.95 Å². The van der Waals surface area contributed by atoms with Crippen molar-refractivity contribution in [3.8, 4) is 17.6 Å². The number of ether oxygens (including phenoxy) is 1. The number of anilines is 1. The largest absolute Gasteiger partial charge is 0.479 e. The van der Waals surface area contributed by atoms with Gasteiger partial charge < -0.3 is 10.5 Å². The van der Waals surface area contributed by atoms with Gasteiger partial charge in [-0.25, -0.2) is 9.97 Å². The monoisotopic (exact) mass is 300 g/mol. The zero-order chi connectivity index (χ0) is 15.0. The van der Waals surface area contributed by atoms with Crippen LogP contribution in [0.5, 0.6) is 5.88 Å². The van der Waals surface area contributed by atoms with E-state index in [9.17, 15) is 5.26 Å². The summed E-state index contributed by atoms with van der Waals surface area (Å²) in [5.41, 5.74) is 7.73. The molecular formula is C13H9ClN6O. The first-order valence-corrected chi connectivity index (χ1v) is 6.26. The number of nitriles is 1. The molecule has 104 valence electrons. The summed E-state index contributed by atoms with van der Waals surface area (Å²) in [4.78, 5) is 12.4. The van der Waals surface area contributed by atoms with Crippen LogP contribution >= 0.6 is 11.6 Å². The van der Waals surface area contributed by atoms with Gasteiger partial charge in [0.05, 0.1) is 18.4 Å². The van der Waals surface area contributed by atoms with Gasteiger partial charge in [-0.1, -0.05) is 11.6 Å². The van der Waals surface area contributed by atoms with Crippen LogP contribution < -0.4 is 10.5 Å². The summed E-state index contributed by atoms with van der Waals surface area (Å²) in [7, 11) is 1.48. The third kappa shape index (κ3) is 2.02. The van der Waals surface area contributed by atoms with Gasteiger partial charge in [0, 0.05) is 5.02 Å². The first kappa shape index (κ1) is 13.1. The first-order chi connectivity index (χ1) is 10.2. The predicted octanol–water partition coefficient (Wildman–Crippen LogP) is 1.93. The molecule has 2 heterocycles. The van der Waals surface area contributed by atoms with E-state index in [1.165, 1.54) is 13.4 Å². The van der Waals surface area contributed by atoms with Crippen LogP contribution in [0.25, 0.3) is 16.9 Å². The van der Waals surface area contributed by atoms with E-state index < -0.39 is 0 Å². The number of nitrogens with zero attached hydrogens (tertiary/aromatic N) is 5. The maximum Gasteiger partial charge on any atom is 0.245 e. The fraction of sp³-hybridized carbons (Fsp3) is 0.0769. The molecule has 8 heteroatoms. The van der Waals surface area contributed by atoms with Crippen molar-refractivity contribution in [2.75, 3.05) is 12.8 Å². The van der Waals surface area contributed by atoms with Crippen molar-refractivity contribution >= 4 is 28.7 Å². The Morgan fingerprint density at radius 3 is 2.90 bits per heavy atom. The Morgan fingerprint density at radius 2 is 2.19 bits per heavy atom. The number of hydrogen-bond donors (Lipinski definition) is 1. The summed E-state index contributed by atoms with van der Waals surface area (Å²) in [5, 5.41) is 9.72. The molecule has 0 aliphatic heterocycles. The van der Waals surface area contributed by atoms with E-state index in [1.807, 2.05) is 0 Å². The summed E-state index contributed by atoms with van der Waals surface area (Å²) in [6.07, 6.45) is 1.34. The van der Waals surface area contributed by atoms with Crippen LogP contribution in [0.15, 0.2) is 24.5 Å². The van der Waals surface area contributed by atoms with Crippen LogP contribution in [-0.2, 0) is 0 Å². The number of imidazole rings is 1. The highest BCUT2D eigenvalue weighted by Gasteiger charge is 2.18. The van der Waals surface area contributed by atoms with E-state index in [0.29, 0.717) is 33.3 Å². The van der Waals surface area contributed by atoms with Crippen LogP contribution in [0.2, 0.25) is 5.02 Å². The van der Waals surface area contributed by atoms with Gasteiger partial charge in [0.25, 0.3) is 0 Å². The molecule has 0 saturated carbocycles. The van der Waals surface area contributed by atoms with Gasteiger partial charge >= 0.3 is 0 Å². The summed E-state index contributed by atoms with van der Waals surface area (Å²) in [6, 6.07) is 6.97. The van der Waals surface area contributed by atoms with Crippen molar-refractivity contribution in [2.45, 2.75) is 0 Å². The molecule has 2 N–H and O–H groups in total. The third-order valence-electron chi connectivity index (χ3n) is 2.95. The zero-order valence-corrected chi connectivity index (χ0v) is 11.7. The van der Waals surface area contributed by atoms with Crippen molar-refractivity contribution in [3.63, 3.8) is 0 Å². The molecule has 0 radical (unpaired) electrons.